The second kappa shape index (κ2) is 6.21. The van der Waals surface area contributed by atoms with E-state index in [2.05, 4.69) is 15.9 Å². The molecule has 0 saturated carbocycles. The molecule has 0 N–H and O–H groups in total. The fourth-order valence-corrected chi connectivity index (χ4v) is 1.61. The van der Waals surface area contributed by atoms with Gasteiger partial charge in [0.1, 0.15) is 6.54 Å². The highest BCUT2D eigenvalue weighted by Crippen LogP contribution is 2.05. The van der Waals surface area contributed by atoms with Gasteiger partial charge in [-0.1, -0.05) is 0 Å². The van der Waals surface area contributed by atoms with Gasteiger partial charge in [0.15, 0.2) is 0 Å². The minimum atomic E-state index is -0.227. The smallest absolute Gasteiger partial charge is 0.251 e. The number of aromatic nitrogens is 1. The number of rotatable bonds is 4. The Morgan fingerprint density at radius 1 is 1.59 bits per heavy atom. The zero-order chi connectivity index (χ0) is 12.8. The molecular formula is C11H12BrN3O2. The van der Waals surface area contributed by atoms with E-state index >= 15 is 0 Å². The van der Waals surface area contributed by atoms with Crippen molar-refractivity contribution in [2.75, 3.05) is 13.6 Å². The van der Waals surface area contributed by atoms with E-state index in [-0.39, 0.29) is 24.4 Å². The van der Waals surface area contributed by atoms with Crippen LogP contribution in [0.2, 0.25) is 0 Å². The van der Waals surface area contributed by atoms with Gasteiger partial charge in [-0.15, -0.1) is 0 Å². The maximum atomic E-state index is 11.7. The van der Waals surface area contributed by atoms with Gasteiger partial charge in [-0.2, -0.15) is 5.26 Å². The summed E-state index contributed by atoms with van der Waals surface area (Å²) in [4.78, 5) is 24.6. The van der Waals surface area contributed by atoms with E-state index in [9.17, 15) is 9.59 Å². The minimum Gasteiger partial charge on any atom is -0.343 e. The minimum absolute atomic E-state index is 0.0137. The molecule has 1 rings (SSSR count). The normalized spacial score (nSPS) is 9.71. The molecule has 0 fully saturated rings. The standard InChI is InChI=1S/C11H12BrN3O2/c1-14(6-2-5-13)11(17)8-15-7-9(12)3-4-10(15)16/h3-4,7H,2,6,8H2,1H3. The Morgan fingerprint density at radius 3 is 2.94 bits per heavy atom. The third-order valence-electron chi connectivity index (χ3n) is 2.24. The number of nitrogens with zero attached hydrogens (tertiary/aromatic N) is 3. The molecule has 0 aliphatic heterocycles. The van der Waals surface area contributed by atoms with Crippen molar-refractivity contribution in [2.45, 2.75) is 13.0 Å². The maximum Gasteiger partial charge on any atom is 0.251 e. The Labute approximate surface area is 107 Å². The third-order valence-corrected chi connectivity index (χ3v) is 2.71. The molecule has 1 heterocycles. The first-order valence-electron chi connectivity index (χ1n) is 5.01. The Balaban J connectivity index is 2.71. The van der Waals surface area contributed by atoms with E-state index in [0.717, 1.165) is 4.47 Å². The summed E-state index contributed by atoms with van der Waals surface area (Å²) in [5.74, 6) is -0.194. The molecule has 1 aromatic rings. The fraction of sp³-hybridized carbons (Fsp3) is 0.364. The van der Waals surface area contributed by atoms with Crippen molar-refractivity contribution < 1.29 is 4.79 Å². The molecule has 17 heavy (non-hydrogen) atoms. The van der Waals surface area contributed by atoms with Crippen molar-refractivity contribution in [2.24, 2.45) is 0 Å². The molecule has 0 atom stereocenters. The fourth-order valence-electron chi connectivity index (χ4n) is 1.23. The van der Waals surface area contributed by atoms with Crippen LogP contribution in [0.5, 0.6) is 0 Å². The van der Waals surface area contributed by atoms with Crippen molar-refractivity contribution >= 4 is 21.8 Å². The molecule has 0 spiro atoms. The highest BCUT2D eigenvalue weighted by atomic mass is 79.9. The Hall–Kier alpha value is -1.61. The molecule has 0 bridgehead atoms. The van der Waals surface area contributed by atoms with E-state index in [1.807, 2.05) is 6.07 Å². The van der Waals surface area contributed by atoms with E-state index in [1.54, 1.807) is 19.3 Å². The monoisotopic (exact) mass is 297 g/mol. The molecule has 90 valence electrons. The summed E-state index contributed by atoms with van der Waals surface area (Å²) in [6.45, 7) is 0.359. The van der Waals surface area contributed by atoms with Crippen LogP contribution >= 0.6 is 15.9 Å². The summed E-state index contributed by atoms with van der Waals surface area (Å²) in [6.07, 6.45) is 1.86. The lowest BCUT2D eigenvalue weighted by Crippen LogP contribution is -2.34. The van der Waals surface area contributed by atoms with Gasteiger partial charge in [0.05, 0.1) is 12.5 Å². The highest BCUT2D eigenvalue weighted by molar-refractivity contribution is 9.10. The molecule has 0 aromatic carbocycles. The van der Waals surface area contributed by atoms with Gasteiger partial charge in [0, 0.05) is 30.3 Å². The average molecular weight is 298 g/mol. The summed E-state index contributed by atoms with van der Waals surface area (Å²) in [5, 5.41) is 8.42. The van der Waals surface area contributed by atoms with Crippen molar-refractivity contribution in [3.8, 4) is 6.07 Å². The first kappa shape index (κ1) is 13.5. The van der Waals surface area contributed by atoms with E-state index in [4.69, 9.17) is 5.26 Å². The molecule has 1 amide bonds. The van der Waals surface area contributed by atoms with Crippen LogP contribution in [-0.4, -0.2) is 29.0 Å². The number of pyridine rings is 1. The molecule has 5 nitrogen and oxygen atoms in total. The Kier molecular flexibility index (Phi) is 4.91. The van der Waals surface area contributed by atoms with E-state index < -0.39 is 0 Å². The van der Waals surface area contributed by atoms with Gasteiger partial charge >= 0.3 is 0 Å². The topological polar surface area (TPSA) is 66.1 Å². The molecular weight excluding hydrogens is 286 g/mol. The summed E-state index contributed by atoms with van der Waals surface area (Å²) in [7, 11) is 1.61. The second-order valence-electron chi connectivity index (χ2n) is 3.54. The molecule has 0 aliphatic rings. The molecule has 0 aliphatic carbocycles. The average Bonchev–Trinajstić information content (AvgIpc) is 2.30. The van der Waals surface area contributed by atoms with Gasteiger partial charge in [-0.05, 0) is 22.0 Å². The molecule has 1 aromatic heterocycles. The molecule has 0 saturated heterocycles. The third kappa shape index (κ3) is 4.04. The van der Waals surface area contributed by atoms with Crippen LogP contribution < -0.4 is 5.56 Å². The first-order chi connectivity index (χ1) is 8.04. The summed E-state index contributed by atoms with van der Waals surface area (Å²) in [6, 6.07) is 4.99. The van der Waals surface area contributed by atoms with Crippen molar-refractivity contribution in [3.63, 3.8) is 0 Å². The Bertz CT molecular complexity index is 504. The molecule has 0 radical (unpaired) electrons. The van der Waals surface area contributed by atoms with Crippen LogP contribution in [0.4, 0.5) is 0 Å². The van der Waals surface area contributed by atoms with Gasteiger partial charge in [-0.3, -0.25) is 9.59 Å². The lowest BCUT2D eigenvalue weighted by Gasteiger charge is -2.16. The van der Waals surface area contributed by atoms with Crippen LogP contribution in [0.1, 0.15) is 6.42 Å². The van der Waals surface area contributed by atoms with Crippen molar-refractivity contribution in [1.82, 2.24) is 9.47 Å². The van der Waals surface area contributed by atoms with Gasteiger partial charge in [0.25, 0.3) is 5.56 Å². The van der Waals surface area contributed by atoms with Crippen LogP contribution in [0.15, 0.2) is 27.6 Å². The van der Waals surface area contributed by atoms with Gasteiger partial charge < -0.3 is 9.47 Å². The summed E-state index contributed by atoms with van der Waals surface area (Å²) < 4.78 is 2.07. The SMILES string of the molecule is CN(CCC#N)C(=O)Cn1cc(Br)ccc1=O. The summed E-state index contributed by atoms with van der Waals surface area (Å²) in [5.41, 5.74) is -0.227. The zero-order valence-electron chi connectivity index (χ0n) is 9.39. The van der Waals surface area contributed by atoms with Crippen molar-refractivity contribution in [3.05, 3.63) is 33.2 Å². The van der Waals surface area contributed by atoms with E-state index in [0.29, 0.717) is 6.54 Å². The van der Waals surface area contributed by atoms with Crippen LogP contribution in [0, 0.1) is 11.3 Å². The number of hydrogen-bond acceptors (Lipinski definition) is 3. The molecule has 6 heteroatoms. The number of amides is 1. The van der Waals surface area contributed by atoms with Crippen LogP contribution in [-0.2, 0) is 11.3 Å². The number of likely N-dealkylation sites (N-methyl/N-ethyl adjacent to an activating group) is 1. The quantitative estimate of drug-likeness (QED) is 0.832. The lowest BCUT2D eigenvalue weighted by molar-refractivity contribution is -0.130. The summed E-state index contributed by atoms with van der Waals surface area (Å²) >= 11 is 3.24. The van der Waals surface area contributed by atoms with Crippen LogP contribution in [0.25, 0.3) is 0 Å². The number of hydrogen-bond donors (Lipinski definition) is 0. The Morgan fingerprint density at radius 2 is 2.29 bits per heavy atom. The molecule has 0 unspecified atom stereocenters. The van der Waals surface area contributed by atoms with Gasteiger partial charge in [0.2, 0.25) is 5.91 Å². The lowest BCUT2D eigenvalue weighted by atomic mass is 10.4. The maximum absolute atomic E-state index is 11.7. The number of halogens is 1. The predicted molar refractivity (Wildman–Crippen MR) is 66.3 cm³/mol. The first-order valence-corrected chi connectivity index (χ1v) is 5.81. The predicted octanol–water partition coefficient (Wildman–Crippen LogP) is 0.983. The van der Waals surface area contributed by atoms with Gasteiger partial charge in [-0.25, -0.2) is 0 Å². The number of carbonyl (C=O) groups is 1. The van der Waals surface area contributed by atoms with E-state index in [1.165, 1.54) is 15.5 Å². The van der Waals surface area contributed by atoms with Crippen molar-refractivity contribution in [1.29, 1.82) is 5.26 Å². The van der Waals surface area contributed by atoms with Crippen LogP contribution in [0.3, 0.4) is 0 Å². The zero-order valence-corrected chi connectivity index (χ0v) is 11.0. The highest BCUT2D eigenvalue weighted by Gasteiger charge is 2.09. The number of carbonyl (C=O) groups excluding carboxylic acids is 1. The number of nitriles is 1. The largest absolute Gasteiger partial charge is 0.343 e. The second-order valence-corrected chi connectivity index (χ2v) is 4.45.